The number of hydrogen-bond acceptors (Lipinski definition) is 3. The maximum atomic E-state index is 12.5. The molecule has 2 radical (unpaired) electrons. The van der Waals surface area contributed by atoms with E-state index in [2.05, 4.69) is 21.3 Å². The van der Waals surface area contributed by atoms with E-state index in [0.717, 1.165) is 15.3 Å². The molecule has 0 unspecified atom stereocenters. The third-order valence-electron chi connectivity index (χ3n) is 4.02. The van der Waals surface area contributed by atoms with Gasteiger partial charge in [0.25, 0.3) is 11.8 Å². The third-order valence-corrected chi connectivity index (χ3v) is 4.52. The molecule has 0 N–H and O–H groups in total. The van der Waals surface area contributed by atoms with Crippen molar-refractivity contribution in [2.24, 2.45) is 0 Å². The molecular weight excluding hydrogens is 303 g/mol. The summed E-state index contributed by atoms with van der Waals surface area (Å²) < 4.78 is 0.889. The molecule has 0 aliphatic carbocycles. The summed E-state index contributed by atoms with van der Waals surface area (Å²) in [5.74, 6) is -0.519. The van der Waals surface area contributed by atoms with E-state index in [-0.39, 0.29) is 18.4 Å². The van der Waals surface area contributed by atoms with Crippen LogP contribution in [-0.2, 0) is 6.54 Å². The van der Waals surface area contributed by atoms with Crippen molar-refractivity contribution in [3.8, 4) is 0 Å². The van der Waals surface area contributed by atoms with Crippen LogP contribution in [0.1, 0.15) is 26.4 Å². The van der Waals surface area contributed by atoms with Crippen molar-refractivity contribution >= 4 is 43.4 Å². The molecule has 0 saturated heterocycles. The van der Waals surface area contributed by atoms with E-state index < -0.39 is 0 Å². The van der Waals surface area contributed by atoms with Crippen molar-refractivity contribution in [2.75, 3.05) is 0 Å². The first-order valence-electron chi connectivity index (χ1n) is 7.24. The number of pyridine rings is 1. The zero-order valence-electron chi connectivity index (χ0n) is 12.2. The van der Waals surface area contributed by atoms with Crippen LogP contribution in [0.4, 0.5) is 0 Å². The highest BCUT2D eigenvalue weighted by Crippen LogP contribution is 2.24. The number of amides is 2. The summed E-state index contributed by atoms with van der Waals surface area (Å²) in [6.45, 7) is 0.177. The van der Waals surface area contributed by atoms with E-state index >= 15 is 0 Å². The van der Waals surface area contributed by atoms with Crippen LogP contribution in [0, 0.1) is 0 Å². The van der Waals surface area contributed by atoms with E-state index in [4.69, 9.17) is 0 Å². The number of benzene rings is 2. The molecule has 1 aromatic heterocycles. The summed E-state index contributed by atoms with van der Waals surface area (Å²) in [4.78, 5) is 30.8. The molecule has 0 fully saturated rings. The first kappa shape index (κ1) is 14.1. The van der Waals surface area contributed by atoms with Crippen LogP contribution in [0.2, 0.25) is 0 Å². The van der Waals surface area contributed by atoms with Crippen LogP contribution in [0.3, 0.4) is 0 Å². The van der Waals surface area contributed by atoms with Crippen LogP contribution in [-0.4, -0.2) is 38.0 Å². The molecule has 3 aromatic rings. The minimum absolute atomic E-state index is 0.177. The maximum absolute atomic E-state index is 12.5. The van der Waals surface area contributed by atoms with E-state index in [1.165, 1.54) is 4.90 Å². The predicted molar refractivity (Wildman–Crippen MR) is 87.8 cm³/mol. The average molecular weight is 314 g/mol. The van der Waals surface area contributed by atoms with Crippen molar-refractivity contribution < 1.29 is 9.59 Å². The maximum Gasteiger partial charge on any atom is 0.261 e. The number of aromatic nitrogens is 1. The van der Waals surface area contributed by atoms with Gasteiger partial charge in [0.2, 0.25) is 0 Å². The van der Waals surface area contributed by atoms with Gasteiger partial charge < -0.3 is 0 Å². The lowest BCUT2D eigenvalue weighted by molar-refractivity contribution is 0.0641. The molecular formula is C18H11AlN2O2. The highest BCUT2D eigenvalue weighted by Gasteiger charge is 2.35. The zero-order chi connectivity index (χ0) is 16.0. The largest absolute Gasteiger partial charge is 0.269 e. The Bertz CT molecular complexity index is 933. The SMILES string of the molecule is O=C1c2ccccc2C(=O)N1Cc1nc2ccccc2c[c]1[Al]. The van der Waals surface area contributed by atoms with Gasteiger partial charge in [0.15, 0.2) is 16.3 Å². The van der Waals surface area contributed by atoms with Gasteiger partial charge in [-0.25, -0.2) is 0 Å². The van der Waals surface area contributed by atoms with Crippen molar-refractivity contribution in [3.63, 3.8) is 0 Å². The lowest BCUT2D eigenvalue weighted by Gasteiger charge is -2.16. The van der Waals surface area contributed by atoms with Gasteiger partial charge in [-0.2, -0.15) is 0 Å². The van der Waals surface area contributed by atoms with Gasteiger partial charge in [0.1, 0.15) is 0 Å². The summed E-state index contributed by atoms with van der Waals surface area (Å²) >= 11 is 2.63. The molecule has 2 amide bonds. The second-order valence-electron chi connectivity index (χ2n) is 5.46. The van der Waals surface area contributed by atoms with Gasteiger partial charge in [-0.1, -0.05) is 36.4 Å². The van der Waals surface area contributed by atoms with Crippen molar-refractivity contribution in [1.29, 1.82) is 0 Å². The summed E-state index contributed by atoms with van der Waals surface area (Å²) in [5, 5.41) is 1.03. The summed E-state index contributed by atoms with van der Waals surface area (Å²) in [5.41, 5.74) is 2.49. The Balaban J connectivity index is 1.73. The fourth-order valence-electron chi connectivity index (χ4n) is 2.83. The molecule has 2 heterocycles. The lowest BCUT2D eigenvalue weighted by atomic mass is 10.1. The summed E-state index contributed by atoms with van der Waals surface area (Å²) in [7, 11) is 0. The highest BCUT2D eigenvalue weighted by atomic mass is 27.0. The molecule has 0 bridgehead atoms. The number of rotatable bonds is 2. The van der Waals surface area contributed by atoms with Gasteiger partial charge in [0.05, 0.1) is 23.2 Å². The Morgan fingerprint density at radius 3 is 2.22 bits per heavy atom. The monoisotopic (exact) mass is 314 g/mol. The smallest absolute Gasteiger partial charge is 0.261 e. The molecule has 5 heteroatoms. The molecule has 0 atom stereocenters. The zero-order valence-corrected chi connectivity index (χ0v) is 13.3. The van der Waals surface area contributed by atoms with E-state index in [9.17, 15) is 9.59 Å². The first-order valence-corrected chi connectivity index (χ1v) is 7.82. The van der Waals surface area contributed by atoms with Crippen molar-refractivity contribution in [2.45, 2.75) is 6.54 Å². The number of para-hydroxylation sites is 1. The van der Waals surface area contributed by atoms with Gasteiger partial charge in [0, 0.05) is 5.69 Å². The van der Waals surface area contributed by atoms with Gasteiger partial charge in [-0.3, -0.25) is 19.5 Å². The summed E-state index contributed by atoms with van der Waals surface area (Å²) in [6.07, 6.45) is 0. The number of hydrogen-bond donors (Lipinski definition) is 0. The van der Waals surface area contributed by atoms with Crippen molar-refractivity contribution in [3.05, 3.63) is 71.4 Å². The van der Waals surface area contributed by atoms with Gasteiger partial charge >= 0.3 is 0 Å². The van der Waals surface area contributed by atoms with Crippen LogP contribution in [0.25, 0.3) is 10.9 Å². The Labute approximate surface area is 141 Å². The number of carbonyl (C=O) groups is 2. The van der Waals surface area contributed by atoms with E-state index in [0.29, 0.717) is 16.8 Å². The number of carbonyl (C=O) groups excluding carboxylic acids is 2. The fourth-order valence-corrected chi connectivity index (χ4v) is 3.17. The topological polar surface area (TPSA) is 50.3 Å². The predicted octanol–water partition coefficient (Wildman–Crippen LogP) is 1.82. The van der Waals surface area contributed by atoms with Crippen molar-refractivity contribution in [1.82, 2.24) is 9.88 Å². The van der Waals surface area contributed by atoms with E-state index in [1.54, 1.807) is 24.3 Å². The third kappa shape index (κ3) is 2.26. The second-order valence-corrected chi connectivity index (χ2v) is 6.08. The number of imide groups is 1. The molecule has 23 heavy (non-hydrogen) atoms. The average Bonchev–Trinajstić information content (AvgIpc) is 2.81. The Kier molecular flexibility index (Phi) is 3.26. The minimum Gasteiger partial charge on any atom is -0.269 e. The molecule has 2 aromatic carbocycles. The fraction of sp³-hybridized carbons (Fsp3) is 0.0556. The summed E-state index contributed by atoms with van der Waals surface area (Å²) in [6, 6.07) is 16.7. The molecule has 4 nitrogen and oxygen atoms in total. The molecule has 0 saturated carbocycles. The number of fused-ring (bicyclic) bond motifs is 2. The van der Waals surface area contributed by atoms with E-state index in [1.807, 2.05) is 30.3 Å². The highest BCUT2D eigenvalue weighted by molar-refractivity contribution is 6.34. The van der Waals surface area contributed by atoms with Gasteiger partial charge in [-0.05, 0) is 23.6 Å². The van der Waals surface area contributed by atoms with Gasteiger partial charge in [-0.15, -0.1) is 4.43 Å². The van der Waals surface area contributed by atoms with Crippen LogP contribution in [0.5, 0.6) is 0 Å². The quantitative estimate of drug-likeness (QED) is 0.535. The molecule has 0 spiro atoms. The Morgan fingerprint density at radius 1 is 0.913 bits per heavy atom. The van der Waals surface area contributed by atoms with Crippen LogP contribution in [0.15, 0.2) is 54.6 Å². The molecule has 4 rings (SSSR count). The normalized spacial score (nSPS) is 13.7. The lowest BCUT2D eigenvalue weighted by Crippen LogP contribution is -2.32. The second kappa shape index (κ2) is 5.31. The standard InChI is InChI=1S/C18H11N2O2.Al/c21-17-14-6-2-3-7-15(14)18(22)20(17)11-13-10-9-12-5-1-4-8-16(12)19-13;/h1-9H,11H2;. The van der Waals surface area contributed by atoms with Crippen LogP contribution >= 0.6 is 0 Å². The first-order chi connectivity index (χ1) is 11.1. The minimum atomic E-state index is -0.259. The molecule has 1 aliphatic rings. The number of nitrogens with zero attached hydrogens (tertiary/aromatic N) is 2. The Morgan fingerprint density at radius 2 is 1.52 bits per heavy atom. The Hall–Kier alpha value is -2.48. The van der Waals surface area contributed by atoms with Crippen LogP contribution < -0.4 is 4.43 Å². The molecule has 1 aliphatic heterocycles. The molecule has 108 valence electrons.